The van der Waals surface area contributed by atoms with Crippen LogP contribution < -0.4 is 0 Å². The van der Waals surface area contributed by atoms with Crippen molar-refractivity contribution in [2.75, 3.05) is 6.61 Å². The van der Waals surface area contributed by atoms with Crippen LogP contribution in [0.15, 0.2) is 30.3 Å². The van der Waals surface area contributed by atoms with Crippen LogP contribution >= 0.6 is 0 Å². The molecule has 0 spiro atoms. The predicted molar refractivity (Wildman–Crippen MR) is 111 cm³/mol. The number of benzene rings is 1. The lowest BCUT2D eigenvalue weighted by molar-refractivity contribution is 0.0470. The predicted octanol–water partition coefficient (Wildman–Crippen LogP) is 4.43. The minimum Gasteiger partial charge on any atom is -0.411 e. The highest BCUT2D eigenvalue weighted by Crippen LogP contribution is 2.40. The minimum atomic E-state index is -1.91. The van der Waals surface area contributed by atoms with Crippen LogP contribution in [0.3, 0.4) is 0 Å². The SMILES string of the molecule is C#CC[C@H](O[Si](C)(C)C(C)(C)C)[C@H]1CC[C@H](CO)N1Cc1ccccc1. The van der Waals surface area contributed by atoms with E-state index in [2.05, 4.69) is 69.0 Å². The molecule has 0 aliphatic carbocycles. The summed E-state index contributed by atoms with van der Waals surface area (Å²) < 4.78 is 6.76. The summed E-state index contributed by atoms with van der Waals surface area (Å²) in [5.41, 5.74) is 1.27. The van der Waals surface area contributed by atoms with Gasteiger partial charge in [-0.2, -0.15) is 0 Å². The molecule has 1 saturated heterocycles. The fraction of sp³-hybridized carbons (Fsp3) is 0.636. The Morgan fingerprint density at radius 1 is 1.27 bits per heavy atom. The molecule has 1 aromatic carbocycles. The van der Waals surface area contributed by atoms with Crippen molar-refractivity contribution >= 4 is 8.32 Å². The van der Waals surface area contributed by atoms with Crippen LogP contribution in [0.5, 0.6) is 0 Å². The molecule has 1 heterocycles. The highest BCUT2D eigenvalue weighted by molar-refractivity contribution is 6.74. The van der Waals surface area contributed by atoms with Crippen molar-refractivity contribution < 1.29 is 9.53 Å². The van der Waals surface area contributed by atoms with E-state index < -0.39 is 8.32 Å². The molecule has 0 bridgehead atoms. The quantitative estimate of drug-likeness (QED) is 0.567. The van der Waals surface area contributed by atoms with E-state index in [0.717, 1.165) is 19.4 Å². The molecule has 4 heteroatoms. The Bertz CT molecular complexity index is 603. The fourth-order valence-corrected chi connectivity index (χ4v) is 4.88. The monoisotopic (exact) mass is 373 g/mol. The van der Waals surface area contributed by atoms with Gasteiger partial charge in [-0.25, -0.2) is 0 Å². The van der Waals surface area contributed by atoms with Gasteiger partial charge in [-0.05, 0) is 36.5 Å². The van der Waals surface area contributed by atoms with Crippen LogP contribution in [-0.2, 0) is 11.0 Å². The van der Waals surface area contributed by atoms with Crippen LogP contribution in [0.1, 0.15) is 45.6 Å². The Morgan fingerprint density at radius 3 is 2.46 bits per heavy atom. The Kier molecular flexibility index (Phi) is 7.10. The van der Waals surface area contributed by atoms with Gasteiger partial charge in [-0.3, -0.25) is 4.90 Å². The van der Waals surface area contributed by atoms with Crippen molar-refractivity contribution in [3.05, 3.63) is 35.9 Å². The van der Waals surface area contributed by atoms with Crippen LogP contribution in [0, 0.1) is 12.3 Å². The van der Waals surface area contributed by atoms with Gasteiger partial charge in [0.2, 0.25) is 0 Å². The van der Waals surface area contributed by atoms with E-state index in [1.165, 1.54) is 5.56 Å². The zero-order valence-electron chi connectivity index (χ0n) is 17.0. The minimum absolute atomic E-state index is 0.0288. The van der Waals surface area contributed by atoms with Gasteiger partial charge in [0, 0.05) is 25.0 Å². The first-order valence-electron chi connectivity index (χ1n) is 9.71. The fourth-order valence-electron chi connectivity index (χ4n) is 3.53. The zero-order chi connectivity index (χ0) is 19.4. The molecule has 0 amide bonds. The van der Waals surface area contributed by atoms with Gasteiger partial charge in [-0.15, -0.1) is 12.3 Å². The van der Waals surface area contributed by atoms with E-state index in [0.29, 0.717) is 6.42 Å². The molecule has 3 atom stereocenters. The average Bonchev–Trinajstić information content (AvgIpc) is 2.97. The summed E-state index contributed by atoms with van der Waals surface area (Å²) in [6.45, 7) is 12.4. The largest absolute Gasteiger partial charge is 0.411 e. The third-order valence-electron chi connectivity index (χ3n) is 6.11. The molecule has 1 fully saturated rings. The van der Waals surface area contributed by atoms with Crippen molar-refractivity contribution in [2.24, 2.45) is 0 Å². The second kappa shape index (κ2) is 8.71. The standard InChI is InChI=1S/C22H35NO2Si/c1-7-11-21(25-26(5,6)22(2,3)4)20-15-14-19(17-24)23(20)16-18-12-9-8-10-13-18/h1,8-10,12-13,19-21,24H,11,14-17H2,2-6H3/t19-,20-,21+/m1/s1. The van der Waals surface area contributed by atoms with E-state index in [-0.39, 0.29) is 29.8 Å². The van der Waals surface area contributed by atoms with Gasteiger partial charge in [0.1, 0.15) is 0 Å². The van der Waals surface area contributed by atoms with E-state index in [1.54, 1.807) is 0 Å². The van der Waals surface area contributed by atoms with Crippen molar-refractivity contribution in [3.8, 4) is 12.3 Å². The summed E-state index contributed by atoms with van der Waals surface area (Å²) in [7, 11) is -1.91. The second-order valence-electron chi connectivity index (χ2n) is 8.96. The highest BCUT2D eigenvalue weighted by Gasteiger charge is 2.44. The molecule has 1 aromatic rings. The first-order valence-corrected chi connectivity index (χ1v) is 12.6. The topological polar surface area (TPSA) is 32.7 Å². The lowest BCUT2D eigenvalue weighted by atomic mass is 10.1. The lowest BCUT2D eigenvalue weighted by Crippen LogP contribution is -2.51. The maximum atomic E-state index is 9.89. The third-order valence-corrected chi connectivity index (χ3v) is 10.6. The first kappa shape index (κ1) is 21.2. The van der Waals surface area contributed by atoms with Crippen LogP contribution in [0.4, 0.5) is 0 Å². The number of rotatable bonds is 7. The van der Waals surface area contributed by atoms with Gasteiger partial charge < -0.3 is 9.53 Å². The molecule has 3 nitrogen and oxygen atoms in total. The summed E-state index contributed by atoms with van der Waals surface area (Å²) >= 11 is 0. The molecule has 1 aliphatic heterocycles. The van der Waals surface area contributed by atoms with E-state index in [1.807, 2.05) is 6.07 Å². The highest BCUT2D eigenvalue weighted by atomic mass is 28.4. The number of hydrogen-bond acceptors (Lipinski definition) is 3. The van der Waals surface area contributed by atoms with Crippen LogP contribution in [0.2, 0.25) is 18.1 Å². The van der Waals surface area contributed by atoms with Gasteiger partial charge in [0.05, 0.1) is 12.7 Å². The van der Waals surface area contributed by atoms with E-state index in [9.17, 15) is 5.11 Å². The number of nitrogens with zero attached hydrogens (tertiary/aromatic N) is 1. The Balaban J connectivity index is 2.23. The van der Waals surface area contributed by atoms with Gasteiger partial charge in [0.15, 0.2) is 8.32 Å². The van der Waals surface area contributed by atoms with Crippen molar-refractivity contribution in [3.63, 3.8) is 0 Å². The summed E-state index contributed by atoms with van der Waals surface area (Å²) in [5, 5.41) is 10.0. The number of aliphatic hydroxyl groups excluding tert-OH is 1. The van der Waals surface area contributed by atoms with Gasteiger partial charge in [0.25, 0.3) is 0 Å². The first-order chi connectivity index (χ1) is 12.2. The lowest BCUT2D eigenvalue weighted by Gasteiger charge is -2.42. The Morgan fingerprint density at radius 2 is 1.92 bits per heavy atom. The molecule has 0 radical (unpaired) electrons. The van der Waals surface area contributed by atoms with Crippen molar-refractivity contribution in [1.82, 2.24) is 4.90 Å². The van der Waals surface area contributed by atoms with E-state index in [4.69, 9.17) is 10.8 Å². The maximum Gasteiger partial charge on any atom is 0.192 e. The smallest absolute Gasteiger partial charge is 0.192 e. The summed E-state index contributed by atoms with van der Waals surface area (Å²) in [6, 6.07) is 10.9. The zero-order valence-corrected chi connectivity index (χ0v) is 18.0. The van der Waals surface area contributed by atoms with E-state index >= 15 is 0 Å². The van der Waals surface area contributed by atoms with Crippen molar-refractivity contribution in [1.29, 1.82) is 0 Å². The molecule has 144 valence electrons. The molecular formula is C22H35NO2Si. The maximum absolute atomic E-state index is 9.89. The molecule has 1 aliphatic rings. The van der Waals surface area contributed by atoms with Gasteiger partial charge >= 0.3 is 0 Å². The number of hydrogen-bond donors (Lipinski definition) is 1. The molecule has 2 rings (SSSR count). The van der Waals surface area contributed by atoms with Crippen molar-refractivity contribution in [2.45, 2.75) is 82.9 Å². The van der Waals surface area contributed by atoms with Crippen LogP contribution in [0.25, 0.3) is 0 Å². The molecule has 26 heavy (non-hydrogen) atoms. The number of likely N-dealkylation sites (tertiary alicyclic amines) is 1. The Hall–Kier alpha value is -1.12. The normalized spacial score (nSPS) is 23.0. The summed E-state index contributed by atoms with van der Waals surface area (Å²) in [6.07, 6.45) is 8.38. The number of terminal acetylenes is 1. The Labute approximate surface area is 160 Å². The summed E-state index contributed by atoms with van der Waals surface area (Å²) in [5.74, 6) is 2.84. The van der Waals surface area contributed by atoms with Crippen LogP contribution in [-0.4, -0.2) is 43.1 Å². The second-order valence-corrected chi connectivity index (χ2v) is 13.7. The molecular weight excluding hydrogens is 338 g/mol. The molecule has 0 aromatic heterocycles. The molecule has 1 N–H and O–H groups in total. The average molecular weight is 374 g/mol. The molecule has 0 saturated carbocycles. The number of aliphatic hydroxyl groups is 1. The third kappa shape index (κ3) is 4.98. The summed E-state index contributed by atoms with van der Waals surface area (Å²) in [4.78, 5) is 2.42. The van der Waals surface area contributed by atoms with Gasteiger partial charge in [-0.1, -0.05) is 51.1 Å². The molecule has 0 unspecified atom stereocenters.